The molecular weight excluding hydrogens is 258 g/mol. The molecule has 0 spiro atoms. The van der Waals surface area contributed by atoms with E-state index in [1.54, 1.807) is 0 Å². The van der Waals surface area contributed by atoms with Gasteiger partial charge in [-0.15, -0.1) is 0 Å². The topological polar surface area (TPSA) is 72.9 Å². The summed E-state index contributed by atoms with van der Waals surface area (Å²) >= 11 is 0. The van der Waals surface area contributed by atoms with E-state index in [2.05, 4.69) is 24.1 Å². The number of nitrogens with one attached hydrogen (secondary N) is 1. The summed E-state index contributed by atoms with van der Waals surface area (Å²) in [6.07, 6.45) is 2.31. The van der Waals surface area contributed by atoms with Crippen molar-refractivity contribution in [2.24, 2.45) is 5.92 Å². The molecule has 0 aromatic heterocycles. The van der Waals surface area contributed by atoms with Gasteiger partial charge in [0.15, 0.2) is 0 Å². The van der Waals surface area contributed by atoms with Gasteiger partial charge in [0.1, 0.15) is 0 Å². The van der Waals surface area contributed by atoms with E-state index in [0.717, 1.165) is 25.9 Å². The van der Waals surface area contributed by atoms with E-state index in [0.29, 0.717) is 25.6 Å². The Morgan fingerprint density at radius 1 is 1.30 bits per heavy atom. The Labute approximate surface area is 120 Å². The monoisotopic (exact) mass is 283 g/mol. The first-order chi connectivity index (χ1) is 9.52. The Morgan fingerprint density at radius 2 is 2.05 bits per heavy atom. The molecule has 2 rings (SSSR count). The summed E-state index contributed by atoms with van der Waals surface area (Å²) in [4.78, 5) is 27.6. The van der Waals surface area contributed by atoms with Crippen molar-refractivity contribution < 1.29 is 14.7 Å². The number of nitrogens with zero attached hydrogens (tertiary/aromatic N) is 2. The third kappa shape index (κ3) is 3.23. The highest BCUT2D eigenvalue weighted by Gasteiger charge is 2.35. The maximum atomic E-state index is 12.3. The molecule has 6 nitrogen and oxygen atoms in total. The Hall–Kier alpha value is -1.30. The van der Waals surface area contributed by atoms with Gasteiger partial charge in [-0.1, -0.05) is 13.3 Å². The number of carbonyl (C=O) groups is 2. The highest BCUT2D eigenvalue weighted by molar-refractivity contribution is 5.77. The molecule has 3 atom stereocenters. The number of likely N-dealkylation sites (N-methyl/N-ethyl adjacent to an activating group) is 1. The smallest absolute Gasteiger partial charge is 0.317 e. The minimum absolute atomic E-state index is 0.106. The second kappa shape index (κ2) is 6.43. The highest BCUT2D eigenvalue weighted by atomic mass is 16.4. The van der Waals surface area contributed by atoms with Crippen LogP contribution in [0.15, 0.2) is 0 Å². The van der Waals surface area contributed by atoms with Crippen molar-refractivity contribution in [2.45, 2.75) is 45.2 Å². The van der Waals surface area contributed by atoms with Crippen molar-refractivity contribution in [1.29, 1.82) is 0 Å². The summed E-state index contributed by atoms with van der Waals surface area (Å²) in [6, 6.07) is 0.0450. The van der Waals surface area contributed by atoms with E-state index in [9.17, 15) is 9.59 Å². The SMILES string of the molecule is CCN1CCN(C(=O)NC2CCCC2C(=O)O)CC1C. The highest BCUT2D eigenvalue weighted by Crippen LogP contribution is 2.26. The van der Waals surface area contributed by atoms with Crippen LogP contribution in [0, 0.1) is 5.92 Å². The number of amides is 2. The van der Waals surface area contributed by atoms with Crippen LogP contribution >= 0.6 is 0 Å². The molecule has 114 valence electrons. The van der Waals surface area contributed by atoms with Gasteiger partial charge < -0.3 is 15.3 Å². The van der Waals surface area contributed by atoms with Crippen LogP contribution in [0.5, 0.6) is 0 Å². The molecule has 20 heavy (non-hydrogen) atoms. The van der Waals surface area contributed by atoms with E-state index in [1.165, 1.54) is 0 Å². The van der Waals surface area contributed by atoms with Crippen LogP contribution in [0.1, 0.15) is 33.1 Å². The number of carboxylic acids is 1. The van der Waals surface area contributed by atoms with E-state index >= 15 is 0 Å². The molecule has 3 unspecified atom stereocenters. The number of aliphatic carboxylic acids is 1. The molecule has 6 heteroatoms. The van der Waals surface area contributed by atoms with Crippen LogP contribution in [-0.4, -0.2) is 65.2 Å². The van der Waals surface area contributed by atoms with E-state index < -0.39 is 11.9 Å². The van der Waals surface area contributed by atoms with E-state index in [4.69, 9.17) is 5.11 Å². The maximum Gasteiger partial charge on any atom is 0.317 e. The number of carbonyl (C=O) groups excluding carboxylic acids is 1. The van der Waals surface area contributed by atoms with Crippen LogP contribution in [0.4, 0.5) is 4.79 Å². The zero-order valence-corrected chi connectivity index (χ0v) is 12.3. The summed E-state index contributed by atoms with van der Waals surface area (Å²) in [5.41, 5.74) is 0. The fourth-order valence-corrected chi connectivity index (χ4v) is 3.33. The molecule has 1 saturated heterocycles. The molecule has 2 aliphatic rings. The maximum absolute atomic E-state index is 12.3. The first-order valence-electron chi connectivity index (χ1n) is 7.55. The van der Waals surface area contributed by atoms with Gasteiger partial charge in [0.2, 0.25) is 0 Å². The van der Waals surface area contributed by atoms with Gasteiger partial charge in [-0.05, 0) is 26.3 Å². The lowest BCUT2D eigenvalue weighted by atomic mass is 10.0. The van der Waals surface area contributed by atoms with Gasteiger partial charge in [-0.2, -0.15) is 0 Å². The van der Waals surface area contributed by atoms with Crippen LogP contribution in [-0.2, 0) is 4.79 Å². The molecule has 2 N–H and O–H groups in total. The van der Waals surface area contributed by atoms with E-state index in [-0.39, 0.29) is 12.1 Å². The zero-order chi connectivity index (χ0) is 14.7. The summed E-state index contributed by atoms with van der Waals surface area (Å²) in [6.45, 7) is 7.57. The minimum atomic E-state index is -0.794. The number of hydrogen-bond donors (Lipinski definition) is 2. The average Bonchev–Trinajstić information content (AvgIpc) is 2.86. The standard InChI is InChI=1S/C14H25N3O3/c1-3-16-7-8-17(9-10(16)2)14(20)15-12-6-4-5-11(12)13(18)19/h10-12H,3-9H2,1-2H3,(H,15,20)(H,18,19). The number of hydrogen-bond acceptors (Lipinski definition) is 3. The van der Waals surface area contributed by atoms with Crippen molar-refractivity contribution in [3.8, 4) is 0 Å². The lowest BCUT2D eigenvalue weighted by Crippen LogP contribution is -2.57. The van der Waals surface area contributed by atoms with Crippen molar-refractivity contribution in [3.05, 3.63) is 0 Å². The molecule has 2 amide bonds. The number of rotatable bonds is 3. The average molecular weight is 283 g/mol. The molecule has 0 bridgehead atoms. The van der Waals surface area contributed by atoms with Crippen molar-refractivity contribution in [3.63, 3.8) is 0 Å². The molecule has 1 aliphatic carbocycles. The Kier molecular flexibility index (Phi) is 4.86. The number of urea groups is 1. The third-order valence-corrected chi connectivity index (χ3v) is 4.60. The Balaban J connectivity index is 1.87. The fourth-order valence-electron chi connectivity index (χ4n) is 3.33. The Morgan fingerprint density at radius 3 is 2.65 bits per heavy atom. The molecule has 0 radical (unpaired) electrons. The number of piperazine rings is 1. The van der Waals surface area contributed by atoms with Crippen molar-refractivity contribution in [1.82, 2.24) is 15.1 Å². The Bertz CT molecular complexity index is 375. The van der Waals surface area contributed by atoms with Crippen LogP contribution in [0.25, 0.3) is 0 Å². The van der Waals surface area contributed by atoms with Gasteiger partial charge >= 0.3 is 12.0 Å². The molecule has 1 aliphatic heterocycles. The van der Waals surface area contributed by atoms with Crippen molar-refractivity contribution in [2.75, 3.05) is 26.2 Å². The quantitative estimate of drug-likeness (QED) is 0.809. The molecule has 1 saturated carbocycles. The van der Waals surface area contributed by atoms with Gasteiger partial charge in [0.05, 0.1) is 5.92 Å². The van der Waals surface area contributed by atoms with Crippen molar-refractivity contribution >= 4 is 12.0 Å². The van der Waals surface area contributed by atoms with Gasteiger partial charge in [-0.3, -0.25) is 9.69 Å². The molecule has 0 aromatic carbocycles. The zero-order valence-electron chi connectivity index (χ0n) is 12.3. The molecular formula is C14H25N3O3. The van der Waals surface area contributed by atoms with E-state index in [1.807, 2.05) is 4.90 Å². The van der Waals surface area contributed by atoms with Gasteiger partial charge in [-0.25, -0.2) is 4.79 Å². The van der Waals surface area contributed by atoms with Gasteiger partial charge in [0.25, 0.3) is 0 Å². The van der Waals surface area contributed by atoms with Gasteiger partial charge in [0, 0.05) is 31.7 Å². The number of carboxylic acid groups (broad SMARTS) is 1. The largest absolute Gasteiger partial charge is 0.481 e. The minimum Gasteiger partial charge on any atom is -0.481 e. The molecule has 2 fully saturated rings. The van der Waals surface area contributed by atoms with Crippen LogP contribution in [0.2, 0.25) is 0 Å². The summed E-state index contributed by atoms with van der Waals surface area (Å²) < 4.78 is 0. The summed E-state index contributed by atoms with van der Waals surface area (Å²) in [5.74, 6) is -1.22. The molecule has 1 heterocycles. The lowest BCUT2D eigenvalue weighted by Gasteiger charge is -2.39. The second-order valence-electron chi connectivity index (χ2n) is 5.86. The van der Waals surface area contributed by atoms with Crippen LogP contribution in [0.3, 0.4) is 0 Å². The second-order valence-corrected chi connectivity index (χ2v) is 5.86. The predicted octanol–water partition coefficient (Wildman–Crippen LogP) is 0.975. The normalized spacial score (nSPS) is 31.3. The lowest BCUT2D eigenvalue weighted by molar-refractivity contribution is -0.142. The predicted molar refractivity (Wildman–Crippen MR) is 75.6 cm³/mol. The fraction of sp³-hybridized carbons (Fsp3) is 0.857. The summed E-state index contributed by atoms with van der Waals surface area (Å²) in [7, 11) is 0. The summed E-state index contributed by atoms with van der Waals surface area (Å²) in [5, 5.41) is 12.1. The molecule has 0 aromatic rings. The third-order valence-electron chi connectivity index (χ3n) is 4.60. The van der Waals surface area contributed by atoms with Crippen LogP contribution < -0.4 is 5.32 Å². The first-order valence-corrected chi connectivity index (χ1v) is 7.55. The first kappa shape index (κ1) is 15.1.